The van der Waals surface area contributed by atoms with Crippen LogP contribution in [0.5, 0.6) is 0 Å². The lowest BCUT2D eigenvalue weighted by Crippen LogP contribution is -2.40. The molecule has 6 nitrogen and oxygen atoms in total. The average molecular weight is 208 g/mol. The Morgan fingerprint density at radius 1 is 1.69 bits per heavy atom. The molecule has 3 N–H and O–H groups in total. The van der Waals surface area contributed by atoms with Gasteiger partial charge in [0.15, 0.2) is 0 Å². The summed E-state index contributed by atoms with van der Waals surface area (Å²) in [6, 6.07) is -0.865. The third-order valence-electron chi connectivity index (χ3n) is 1.53. The second-order valence-electron chi connectivity index (χ2n) is 2.78. The van der Waals surface area contributed by atoms with Crippen molar-refractivity contribution in [1.82, 2.24) is 0 Å². The van der Waals surface area contributed by atoms with Crippen molar-refractivity contribution in [1.29, 1.82) is 0 Å². The van der Waals surface area contributed by atoms with Crippen molar-refractivity contribution in [2.24, 2.45) is 10.7 Å². The van der Waals surface area contributed by atoms with Gasteiger partial charge in [-0.25, -0.2) is 0 Å². The van der Waals surface area contributed by atoms with E-state index in [-0.39, 0.29) is 5.90 Å². The van der Waals surface area contributed by atoms with Crippen molar-refractivity contribution < 1.29 is 17.7 Å². The summed E-state index contributed by atoms with van der Waals surface area (Å²) in [6.45, 7) is 1.09. The molecule has 0 bridgehead atoms. The molecule has 7 heteroatoms. The Labute approximate surface area is 76.5 Å². The van der Waals surface area contributed by atoms with Gasteiger partial charge < -0.3 is 10.5 Å². The van der Waals surface area contributed by atoms with E-state index in [4.69, 9.17) is 15.0 Å². The van der Waals surface area contributed by atoms with Gasteiger partial charge in [0.1, 0.15) is 0 Å². The Kier molecular flexibility index (Phi) is 3.23. The van der Waals surface area contributed by atoms with Gasteiger partial charge in [0.05, 0.1) is 18.4 Å². The molecule has 1 aliphatic heterocycles. The highest BCUT2D eigenvalue weighted by Crippen LogP contribution is 2.01. The minimum Gasteiger partial charge on any atom is -0.480 e. The summed E-state index contributed by atoms with van der Waals surface area (Å²) in [4.78, 5) is 3.91. The average Bonchev–Trinajstić information content (AvgIpc) is 2.03. The molecule has 1 rings (SSSR count). The maximum absolute atomic E-state index is 10.4. The van der Waals surface area contributed by atoms with Crippen molar-refractivity contribution >= 4 is 16.0 Å². The minimum atomic E-state index is -4.06. The van der Waals surface area contributed by atoms with Crippen LogP contribution in [0.25, 0.3) is 0 Å². The number of hydrogen-bond donors (Lipinski definition) is 2. The van der Waals surface area contributed by atoms with Crippen molar-refractivity contribution in [3.05, 3.63) is 0 Å². The van der Waals surface area contributed by atoms with Crippen molar-refractivity contribution in [3.63, 3.8) is 0 Å². The standard InChI is InChI=1S/C6H12N2O4S/c7-5(4-13(9,10)11)6-8-2-1-3-12-6/h5H,1-4,7H2,(H,9,10,11). The largest absolute Gasteiger partial charge is 0.480 e. The highest BCUT2D eigenvalue weighted by atomic mass is 32.2. The fourth-order valence-electron chi connectivity index (χ4n) is 0.999. The van der Waals surface area contributed by atoms with Crippen LogP contribution in [0.1, 0.15) is 6.42 Å². The number of aliphatic imine (C=N–C) groups is 1. The Bertz CT molecular complexity index is 298. The van der Waals surface area contributed by atoms with E-state index in [1.165, 1.54) is 0 Å². The molecular formula is C6H12N2O4S. The molecule has 13 heavy (non-hydrogen) atoms. The van der Waals surface area contributed by atoms with Gasteiger partial charge in [0, 0.05) is 13.0 Å². The second-order valence-corrected chi connectivity index (χ2v) is 4.27. The molecule has 0 saturated heterocycles. The van der Waals surface area contributed by atoms with Gasteiger partial charge >= 0.3 is 0 Å². The third-order valence-corrected chi connectivity index (χ3v) is 2.31. The highest BCUT2D eigenvalue weighted by molar-refractivity contribution is 7.85. The van der Waals surface area contributed by atoms with E-state index in [0.717, 1.165) is 6.42 Å². The molecule has 0 aliphatic carbocycles. The van der Waals surface area contributed by atoms with Gasteiger partial charge in [-0.05, 0) is 0 Å². The first kappa shape index (κ1) is 10.4. The Morgan fingerprint density at radius 2 is 2.38 bits per heavy atom. The Balaban J connectivity index is 2.57. The van der Waals surface area contributed by atoms with E-state index in [0.29, 0.717) is 13.2 Å². The van der Waals surface area contributed by atoms with Crippen LogP contribution in [-0.4, -0.2) is 43.8 Å². The van der Waals surface area contributed by atoms with Crippen LogP contribution >= 0.6 is 0 Å². The first-order chi connectivity index (χ1) is 5.99. The van der Waals surface area contributed by atoms with Crippen LogP contribution in [-0.2, 0) is 14.9 Å². The van der Waals surface area contributed by atoms with E-state index in [1.807, 2.05) is 0 Å². The van der Waals surface area contributed by atoms with Gasteiger partial charge in [0.25, 0.3) is 10.1 Å². The molecule has 1 aliphatic rings. The fourth-order valence-corrected chi connectivity index (χ4v) is 1.60. The normalized spacial score (nSPS) is 20.3. The number of rotatable bonds is 3. The summed E-state index contributed by atoms with van der Waals surface area (Å²) in [5.74, 6) is -0.338. The van der Waals surface area contributed by atoms with Gasteiger partial charge in [-0.3, -0.25) is 9.55 Å². The van der Waals surface area contributed by atoms with Crippen LogP contribution in [0.15, 0.2) is 4.99 Å². The summed E-state index contributed by atoms with van der Waals surface area (Å²) in [5.41, 5.74) is 5.44. The van der Waals surface area contributed by atoms with Gasteiger partial charge in [0.2, 0.25) is 5.90 Å². The molecule has 0 saturated carbocycles. The van der Waals surface area contributed by atoms with Crippen LogP contribution in [0.4, 0.5) is 0 Å². The number of nitrogens with zero attached hydrogens (tertiary/aromatic N) is 1. The Morgan fingerprint density at radius 3 is 2.85 bits per heavy atom. The monoisotopic (exact) mass is 208 g/mol. The van der Waals surface area contributed by atoms with E-state index in [9.17, 15) is 8.42 Å². The molecule has 1 unspecified atom stereocenters. The lowest BCUT2D eigenvalue weighted by Gasteiger charge is -2.17. The number of ether oxygens (including phenoxy) is 1. The van der Waals surface area contributed by atoms with Crippen LogP contribution in [0.2, 0.25) is 0 Å². The second kappa shape index (κ2) is 4.03. The van der Waals surface area contributed by atoms with E-state index < -0.39 is 21.9 Å². The first-order valence-electron chi connectivity index (χ1n) is 3.87. The minimum absolute atomic E-state index is 0.212. The molecule has 1 heterocycles. The lowest BCUT2D eigenvalue weighted by atomic mass is 10.3. The first-order valence-corrected chi connectivity index (χ1v) is 5.48. The van der Waals surface area contributed by atoms with Crippen molar-refractivity contribution in [2.45, 2.75) is 12.5 Å². The predicted octanol–water partition coefficient (Wildman–Crippen LogP) is -0.980. The highest BCUT2D eigenvalue weighted by Gasteiger charge is 2.20. The van der Waals surface area contributed by atoms with Crippen LogP contribution < -0.4 is 5.73 Å². The summed E-state index contributed by atoms with van der Waals surface area (Å²) >= 11 is 0. The lowest BCUT2D eigenvalue weighted by molar-refractivity contribution is 0.270. The maximum Gasteiger partial charge on any atom is 0.266 e. The molecule has 0 aromatic rings. The van der Waals surface area contributed by atoms with Crippen molar-refractivity contribution in [3.8, 4) is 0 Å². The smallest absolute Gasteiger partial charge is 0.266 e. The summed E-state index contributed by atoms with van der Waals surface area (Å²) in [6.07, 6.45) is 0.808. The Hall–Kier alpha value is -0.660. The van der Waals surface area contributed by atoms with Gasteiger partial charge in [-0.1, -0.05) is 0 Å². The summed E-state index contributed by atoms with van der Waals surface area (Å²) in [5, 5.41) is 0. The van der Waals surface area contributed by atoms with E-state index in [2.05, 4.69) is 4.99 Å². The van der Waals surface area contributed by atoms with E-state index >= 15 is 0 Å². The molecule has 0 aromatic heterocycles. The molecule has 0 spiro atoms. The molecule has 0 fully saturated rings. The zero-order chi connectivity index (χ0) is 9.90. The van der Waals surface area contributed by atoms with Crippen LogP contribution in [0, 0.1) is 0 Å². The predicted molar refractivity (Wildman–Crippen MR) is 47.3 cm³/mol. The summed E-state index contributed by atoms with van der Waals surface area (Å²) < 4.78 is 34.4. The molecule has 0 aromatic carbocycles. The maximum atomic E-state index is 10.4. The van der Waals surface area contributed by atoms with Crippen molar-refractivity contribution in [2.75, 3.05) is 18.9 Å². The summed E-state index contributed by atoms with van der Waals surface area (Å²) in [7, 11) is -4.06. The van der Waals surface area contributed by atoms with Gasteiger partial charge in [-0.15, -0.1) is 0 Å². The molecule has 76 valence electrons. The zero-order valence-electron chi connectivity index (χ0n) is 7.01. The fraction of sp³-hybridized carbons (Fsp3) is 0.833. The number of nitrogens with two attached hydrogens (primary N) is 1. The SMILES string of the molecule is NC(CS(=O)(=O)O)C1=NCCCO1. The molecule has 0 amide bonds. The molecule has 1 atom stereocenters. The van der Waals surface area contributed by atoms with Crippen LogP contribution in [0.3, 0.4) is 0 Å². The molecular weight excluding hydrogens is 196 g/mol. The topological polar surface area (TPSA) is 102 Å². The zero-order valence-corrected chi connectivity index (χ0v) is 7.83. The quantitative estimate of drug-likeness (QED) is 0.580. The molecule has 0 radical (unpaired) electrons. The van der Waals surface area contributed by atoms with E-state index in [1.54, 1.807) is 0 Å². The third kappa shape index (κ3) is 3.71. The van der Waals surface area contributed by atoms with Gasteiger partial charge in [-0.2, -0.15) is 8.42 Å². The number of hydrogen-bond acceptors (Lipinski definition) is 5.